The molecule has 2 rings (SSSR count). The minimum atomic E-state index is -0.351. The van der Waals surface area contributed by atoms with E-state index >= 15 is 0 Å². The molecule has 0 unspecified atom stereocenters. The van der Waals surface area contributed by atoms with E-state index in [1.807, 2.05) is 6.07 Å². The number of carbonyl (C=O) groups excluding carboxylic acids is 2. The Kier molecular flexibility index (Phi) is 5.80. The summed E-state index contributed by atoms with van der Waals surface area (Å²) in [5.74, 6) is -0.169. The van der Waals surface area contributed by atoms with Gasteiger partial charge in [-0.25, -0.2) is 4.79 Å². The van der Waals surface area contributed by atoms with Crippen molar-refractivity contribution in [3.8, 4) is 0 Å². The van der Waals surface area contributed by atoms with Gasteiger partial charge in [-0.05, 0) is 30.3 Å². The average Bonchev–Trinajstić information content (AvgIpc) is 2.52. The van der Waals surface area contributed by atoms with E-state index in [1.54, 1.807) is 48.5 Å². The van der Waals surface area contributed by atoms with Crippen molar-refractivity contribution in [1.29, 1.82) is 0 Å². The standard InChI is InChI=1S/C16H16ClN3O2/c17-13-7-4-8-14(11-13)20-16(22)19-10-9-18-15(21)12-5-2-1-3-6-12/h1-8,11H,9-10H2,(H,18,21)(H2,19,20,22). The molecule has 0 saturated carbocycles. The van der Waals surface area contributed by atoms with Crippen LogP contribution in [0.5, 0.6) is 0 Å². The first-order valence-corrected chi connectivity index (χ1v) is 7.16. The van der Waals surface area contributed by atoms with E-state index in [0.29, 0.717) is 29.4 Å². The highest BCUT2D eigenvalue weighted by molar-refractivity contribution is 6.30. The molecule has 114 valence electrons. The molecule has 0 spiro atoms. The lowest BCUT2D eigenvalue weighted by Gasteiger charge is -2.09. The van der Waals surface area contributed by atoms with Crippen molar-refractivity contribution in [2.75, 3.05) is 18.4 Å². The summed E-state index contributed by atoms with van der Waals surface area (Å²) < 4.78 is 0. The van der Waals surface area contributed by atoms with E-state index in [4.69, 9.17) is 11.6 Å². The summed E-state index contributed by atoms with van der Waals surface area (Å²) in [6.45, 7) is 0.668. The summed E-state index contributed by atoms with van der Waals surface area (Å²) >= 11 is 5.83. The van der Waals surface area contributed by atoms with Crippen LogP contribution in [0.15, 0.2) is 54.6 Å². The highest BCUT2D eigenvalue weighted by atomic mass is 35.5. The highest BCUT2D eigenvalue weighted by Gasteiger charge is 2.04. The van der Waals surface area contributed by atoms with Crippen LogP contribution >= 0.6 is 11.6 Å². The molecule has 2 aromatic rings. The number of hydrogen-bond acceptors (Lipinski definition) is 2. The monoisotopic (exact) mass is 317 g/mol. The molecule has 2 aromatic carbocycles. The van der Waals surface area contributed by atoms with Gasteiger partial charge < -0.3 is 16.0 Å². The van der Waals surface area contributed by atoms with E-state index in [-0.39, 0.29) is 11.9 Å². The van der Waals surface area contributed by atoms with Gasteiger partial charge in [0.05, 0.1) is 0 Å². The Hall–Kier alpha value is -2.53. The van der Waals surface area contributed by atoms with Crippen molar-refractivity contribution in [2.24, 2.45) is 0 Å². The molecular formula is C16H16ClN3O2. The number of benzene rings is 2. The van der Waals surface area contributed by atoms with Crippen molar-refractivity contribution in [3.05, 3.63) is 65.2 Å². The predicted molar refractivity (Wildman–Crippen MR) is 87.2 cm³/mol. The Bertz CT molecular complexity index is 647. The lowest BCUT2D eigenvalue weighted by Crippen LogP contribution is -2.36. The molecule has 0 bridgehead atoms. The smallest absolute Gasteiger partial charge is 0.319 e. The maximum atomic E-state index is 11.8. The minimum absolute atomic E-state index is 0.169. The van der Waals surface area contributed by atoms with Gasteiger partial charge in [0.1, 0.15) is 0 Å². The number of halogens is 1. The van der Waals surface area contributed by atoms with Crippen molar-refractivity contribution in [1.82, 2.24) is 10.6 Å². The van der Waals surface area contributed by atoms with E-state index in [9.17, 15) is 9.59 Å². The van der Waals surface area contributed by atoms with Crippen LogP contribution in [0.2, 0.25) is 5.02 Å². The van der Waals surface area contributed by atoms with Gasteiger partial charge in [0.15, 0.2) is 0 Å². The van der Waals surface area contributed by atoms with E-state index < -0.39 is 0 Å². The zero-order valence-corrected chi connectivity index (χ0v) is 12.6. The third-order valence-electron chi connectivity index (χ3n) is 2.81. The van der Waals surface area contributed by atoms with Crippen LogP contribution in [0.1, 0.15) is 10.4 Å². The molecule has 6 heteroatoms. The number of carbonyl (C=O) groups is 2. The molecule has 0 atom stereocenters. The normalized spacial score (nSPS) is 9.86. The summed E-state index contributed by atoms with van der Waals surface area (Å²) in [5.41, 5.74) is 1.20. The zero-order valence-electron chi connectivity index (χ0n) is 11.8. The molecule has 22 heavy (non-hydrogen) atoms. The third-order valence-corrected chi connectivity index (χ3v) is 3.05. The van der Waals surface area contributed by atoms with Crippen LogP contribution in [0.3, 0.4) is 0 Å². The maximum absolute atomic E-state index is 11.8. The quantitative estimate of drug-likeness (QED) is 0.742. The van der Waals surface area contributed by atoms with E-state index in [0.717, 1.165) is 0 Å². The molecule has 0 aliphatic carbocycles. The Morgan fingerprint density at radius 1 is 0.909 bits per heavy atom. The first kappa shape index (κ1) is 15.9. The summed E-state index contributed by atoms with van der Waals surface area (Å²) in [5, 5.41) is 8.58. The predicted octanol–water partition coefficient (Wildman–Crippen LogP) is 2.89. The number of amides is 3. The number of rotatable bonds is 5. The second-order valence-electron chi connectivity index (χ2n) is 4.51. The Balaban J connectivity index is 1.68. The lowest BCUT2D eigenvalue weighted by molar-refractivity contribution is 0.0954. The molecule has 0 aromatic heterocycles. The van der Waals surface area contributed by atoms with Gasteiger partial charge in [0, 0.05) is 29.4 Å². The van der Waals surface area contributed by atoms with Crippen LogP contribution in [0.25, 0.3) is 0 Å². The molecule has 3 N–H and O–H groups in total. The molecule has 0 aliphatic rings. The van der Waals surface area contributed by atoms with Crippen molar-refractivity contribution >= 4 is 29.2 Å². The fourth-order valence-corrected chi connectivity index (χ4v) is 1.98. The van der Waals surface area contributed by atoms with Gasteiger partial charge in [-0.3, -0.25) is 4.79 Å². The van der Waals surface area contributed by atoms with Crippen LogP contribution in [-0.2, 0) is 0 Å². The van der Waals surface area contributed by atoms with Gasteiger partial charge in [-0.2, -0.15) is 0 Å². The van der Waals surface area contributed by atoms with Crippen LogP contribution in [0.4, 0.5) is 10.5 Å². The fraction of sp³-hybridized carbons (Fsp3) is 0.125. The van der Waals surface area contributed by atoms with Crippen molar-refractivity contribution in [2.45, 2.75) is 0 Å². The summed E-state index contributed by atoms with van der Waals surface area (Å²) in [6.07, 6.45) is 0. The molecule has 0 aliphatic heterocycles. The summed E-state index contributed by atoms with van der Waals surface area (Å²) in [7, 11) is 0. The van der Waals surface area contributed by atoms with Crippen LogP contribution in [0, 0.1) is 0 Å². The van der Waals surface area contributed by atoms with Gasteiger partial charge in [-0.15, -0.1) is 0 Å². The molecule has 0 radical (unpaired) electrons. The van der Waals surface area contributed by atoms with E-state index in [2.05, 4.69) is 16.0 Å². The van der Waals surface area contributed by atoms with Crippen molar-refractivity contribution in [3.63, 3.8) is 0 Å². The Labute approximate surface area is 133 Å². The second kappa shape index (κ2) is 8.05. The largest absolute Gasteiger partial charge is 0.350 e. The third kappa shape index (κ3) is 5.10. The summed E-state index contributed by atoms with van der Waals surface area (Å²) in [6, 6.07) is 15.4. The SMILES string of the molecule is O=C(NCCNC(=O)c1ccccc1)Nc1cccc(Cl)c1. The molecule has 0 heterocycles. The Morgan fingerprint density at radius 3 is 2.36 bits per heavy atom. The van der Waals surface area contributed by atoms with Gasteiger partial charge in [-0.1, -0.05) is 35.9 Å². The zero-order chi connectivity index (χ0) is 15.8. The first-order chi connectivity index (χ1) is 10.6. The number of nitrogens with one attached hydrogen (secondary N) is 3. The topological polar surface area (TPSA) is 70.2 Å². The molecular weight excluding hydrogens is 302 g/mol. The highest BCUT2D eigenvalue weighted by Crippen LogP contribution is 2.14. The van der Waals surface area contributed by atoms with Crippen molar-refractivity contribution < 1.29 is 9.59 Å². The second-order valence-corrected chi connectivity index (χ2v) is 4.95. The molecule has 5 nitrogen and oxygen atoms in total. The molecule has 0 fully saturated rings. The van der Waals surface area contributed by atoms with Gasteiger partial charge in [0.25, 0.3) is 5.91 Å². The maximum Gasteiger partial charge on any atom is 0.319 e. The van der Waals surface area contributed by atoms with E-state index in [1.165, 1.54) is 0 Å². The molecule has 3 amide bonds. The van der Waals surface area contributed by atoms with Gasteiger partial charge >= 0.3 is 6.03 Å². The van der Waals surface area contributed by atoms with Crippen LogP contribution in [-0.4, -0.2) is 25.0 Å². The number of hydrogen-bond donors (Lipinski definition) is 3. The Morgan fingerprint density at radius 2 is 1.64 bits per heavy atom. The number of anilines is 1. The number of urea groups is 1. The average molecular weight is 318 g/mol. The van der Waals surface area contributed by atoms with Crippen LogP contribution < -0.4 is 16.0 Å². The van der Waals surface area contributed by atoms with Gasteiger partial charge in [0.2, 0.25) is 0 Å². The molecule has 0 saturated heterocycles. The summed E-state index contributed by atoms with van der Waals surface area (Å²) in [4.78, 5) is 23.4. The first-order valence-electron chi connectivity index (χ1n) is 6.79. The minimum Gasteiger partial charge on any atom is -0.350 e. The fourth-order valence-electron chi connectivity index (χ4n) is 1.79. The lowest BCUT2D eigenvalue weighted by atomic mass is 10.2.